The molecule has 2 fully saturated rings. The van der Waals surface area contributed by atoms with Gasteiger partial charge in [0.25, 0.3) is 0 Å². The quantitative estimate of drug-likeness (QED) is 0.578. The van der Waals surface area contributed by atoms with E-state index in [1.165, 1.54) is 10.9 Å². The predicted octanol–water partition coefficient (Wildman–Crippen LogP) is 2.55. The Hall–Kier alpha value is -1.88. The predicted molar refractivity (Wildman–Crippen MR) is 84.1 cm³/mol. The molecule has 146 valence electrons. The Balaban J connectivity index is 1.63. The maximum absolute atomic E-state index is 12.3. The monoisotopic (exact) mass is 378 g/mol. The van der Waals surface area contributed by atoms with Crippen molar-refractivity contribution in [1.29, 1.82) is 0 Å². The van der Waals surface area contributed by atoms with Gasteiger partial charge in [0.05, 0.1) is 11.0 Å². The Bertz CT molecular complexity index is 623. The molecule has 0 atom stereocenters. The fourth-order valence-corrected chi connectivity index (χ4v) is 3.50. The van der Waals surface area contributed by atoms with Crippen molar-refractivity contribution in [3.05, 3.63) is 16.3 Å². The lowest BCUT2D eigenvalue weighted by atomic mass is 10.00. The number of rotatable bonds is 5. The summed E-state index contributed by atoms with van der Waals surface area (Å²) in [6.07, 6.45) is 0.0393. The largest absolute Gasteiger partial charge is 0.462 e. The second-order valence-electron chi connectivity index (χ2n) is 6.57. The van der Waals surface area contributed by atoms with Crippen LogP contribution in [0.3, 0.4) is 0 Å². The second kappa shape index (κ2) is 7.78. The molecule has 3 rings (SSSR count). The van der Waals surface area contributed by atoms with Crippen molar-refractivity contribution in [1.82, 2.24) is 14.7 Å². The van der Waals surface area contributed by atoms with Crippen LogP contribution in [0, 0.1) is 10.1 Å². The summed E-state index contributed by atoms with van der Waals surface area (Å²) < 4.78 is 48.2. The van der Waals surface area contributed by atoms with Gasteiger partial charge in [0.15, 0.2) is 6.61 Å². The molecule has 26 heavy (non-hydrogen) atoms. The highest BCUT2D eigenvalue weighted by Gasteiger charge is 2.33. The van der Waals surface area contributed by atoms with Gasteiger partial charge in [-0.2, -0.15) is 13.2 Å². The fourth-order valence-electron chi connectivity index (χ4n) is 3.50. The van der Waals surface area contributed by atoms with Gasteiger partial charge < -0.3 is 14.4 Å². The second-order valence-corrected chi connectivity index (χ2v) is 6.57. The lowest BCUT2D eigenvalue weighted by Crippen LogP contribution is -2.44. The topological polar surface area (TPSA) is 82.7 Å². The highest BCUT2D eigenvalue weighted by Crippen LogP contribution is 2.32. The van der Waals surface area contributed by atoms with Gasteiger partial charge in [-0.05, 0) is 25.7 Å². The highest BCUT2D eigenvalue weighted by atomic mass is 19.4. The number of nitro groups is 1. The number of piperidine rings is 1. The summed E-state index contributed by atoms with van der Waals surface area (Å²) in [5.74, 6) is -0.584. The van der Waals surface area contributed by atoms with Crippen LogP contribution in [-0.2, 0) is 4.74 Å². The summed E-state index contributed by atoms with van der Waals surface area (Å²) in [4.78, 5) is 12.7. The number of hydrogen-bond acceptors (Lipinski definition) is 6. The van der Waals surface area contributed by atoms with Crippen molar-refractivity contribution in [2.75, 3.05) is 32.9 Å². The molecule has 3 heterocycles. The Morgan fingerprint density at radius 3 is 2.46 bits per heavy atom. The number of hydrogen-bond donors (Lipinski definition) is 0. The van der Waals surface area contributed by atoms with Crippen molar-refractivity contribution < 1.29 is 27.6 Å². The molecule has 1 aromatic rings. The maximum atomic E-state index is 12.3. The summed E-state index contributed by atoms with van der Waals surface area (Å²) >= 11 is 0. The van der Waals surface area contributed by atoms with Gasteiger partial charge in [0, 0.05) is 32.3 Å². The van der Waals surface area contributed by atoms with Gasteiger partial charge in [-0.3, -0.25) is 14.8 Å². The van der Waals surface area contributed by atoms with E-state index < -0.39 is 29.3 Å². The third-order valence-electron chi connectivity index (χ3n) is 4.83. The zero-order chi connectivity index (χ0) is 18.7. The molecule has 2 aliphatic heterocycles. The van der Waals surface area contributed by atoms with E-state index in [0.29, 0.717) is 6.04 Å². The van der Waals surface area contributed by atoms with Crippen LogP contribution in [0.25, 0.3) is 0 Å². The molecular formula is C15H21F3N4O4. The van der Waals surface area contributed by atoms with Crippen LogP contribution >= 0.6 is 0 Å². The van der Waals surface area contributed by atoms with Crippen LogP contribution in [0.1, 0.15) is 31.7 Å². The minimum absolute atomic E-state index is 0.0898. The van der Waals surface area contributed by atoms with Gasteiger partial charge in [-0.25, -0.2) is 0 Å². The van der Waals surface area contributed by atoms with Crippen molar-refractivity contribution >= 4 is 5.69 Å². The zero-order valence-corrected chi connectivity index (χ0v) is 14.2. The molecule has 0 spiro atoms. The SMILES string of the molecule is O=[N+]([O-])c1cn(C2CCN(C3CCOCC3)CC2)nc1OCC(F)(F)F. The zero-order valence-electron chi connectivity index (χ0n) is 14.2. The maximum Gasteiger partial charge on any atom is 0.422 e. The molecule has 1 aromatic heterocycles. The number of ether oxygens (including phenoxy) is 2. The van der Waals surface area contributed by atoms with Crippen molar-refractivity contribution in [3.8, 4) is 5.88 Å². The molecule has 0 aromatic carbocycles. The molecule has 0 N–H and O–H groups in total. The van der Waals surface area contributed by atoms with Gasteiger partial charge >= 0.3 is 17.7 Å². The molecular weight excluding hydrogens is 357 g/mol. The average Bonchev–Trinajstić information content (AvgIpc) is 3.05. The van der Waals surface area contributed by atoms with E-state index >= 15 is 0 Å². The summed E-state index contributed by atoms with van der Waals surface area (Å²) in [5, 5.41) is 15.0. The van der Waals surface area contributed by atoms with Crippen LogP contribution in [0.5, 0.6) is 5.88 Å². The number of likely N-dealkylation sites (tertiary alicyclic amines) is 1. The third-order valence-corrected chi connectivity index (χ3v) is 4.83. The third kappa shape index (κ3) is 4.64. The van der Waals surface area contributed by atoms with Crippen LogP contribution in [0.2, 0.25) is 0 Å². The molecule has 0 bridgehead atoms. The molecule has 0 unspecified atom stereocenters. The number of nitrogens with zero attached hydrogens (tertiary/aromatic N) is 4. The van der Waals surface area contributed by atoms with Crippen molar-refractivity contribution in [2.24, 2.45) is 0 Å². The van der Waals surface area contributed by atoms with Gasteiger partial charge in [-0.15, -0.1) is 5.10 Å². The lowest BCUT2D eigenvalue weighted by Gasteiger charge is -2.39. The highest BCUT2D eigenvalue weighted by molar-refractivity contribution is 5.38. The lowest BCUT2D eigenvalue weighted by molar-refractivity contribution is -0.386. The van der Waals surface area contributed by atoms with Crippen LogP contribution in [0.4, 0.5) is 18.9 Å². The summed E-state index contributed by atoms with van der Waals surface area (Å²) in [7, 11) is 0. The first-order chi connectivity index (χ1) is 12.3. The molecule has 0 radical (unpaired) electrons. The average molecular weight is 378 g/mol. The molecule has 0 amide bonds. The van der Waals surface area contributed by atoms with Gasteiger partial charge in [-0.1, -0.05) is 0 Å². The number of aromatic nitrogens is 2. The van der Waals surface area contributed by atoms with E-state index in [1.807, 2.05) is 0 Å². The first kappa shape index (κ1) is 18.9. The number of alkyl halides is 3. The Morgan fingerprint density at radius 2 is 1.88 bits per heavy atom. The van der Waals surface area contributed by atoms with Crippen molar-refractivity contribution in [2.45, 2.75) is 43.9 Å². The summed E-state index contributed by atoms with van der Waals surface area (Å²) in [6, 6.07) is 0.398. The summed E-state index contributed by atoms with van der Waals surface area (Å²) in [5.41, 5.74) is -0.541. The molecule has 0 saturated carbocycles. The molecule has 8 nitrogen and oxygen atoms in total. The fraction of sp³-hybridized carbons (Fsp3) is 0.800. The molecule has 2 saturated heterocycles. The molecule has 0 aliphatic carbocycles. The van der Waals surface area contributed by atoms with E-state index in [4.69, 9.17) is 4.74 Å². The standard InChI is InChI=1S/C15H21F3N4O4/c16-15(17,18)10-26-14-13(22(23)24)9-21(19-14)12-1-5-20(6-2-12)11-3-7-25-8-4-11/h9,11-12H,1-8,10H2. The smallest absolute Gasteiger partial charge is 0.422 e. The van der Waals surface area contributed by atoms with Crippen LogP contribution in [0.15, 0.2) is 6.20 Å². The van der Waals surface area contributed by atoms with Gasteiger partial charge in [0.1, 0.15) is 6.20 Å². The van der Waals surface area contributed by atoms with E-state index in [1.54, 1.807) is 0 Å². The van der Waals surface area contributed by atoms with Crippen molar-refractivity contribution in [3.63, 3.8) is 0 Å². The van der Waals surface area contributed by atoms with Gasteiger partial charge in [0.2, 0.25) is 0 Å². The van der Waals surface area contributed by atoms with E-state index in [2.05, 4.69) is 14.7 Å². The minimum atomic E-state index is -4.58. The normalized spacial score (nSPS) is 21.0. The van der Waals surface area contributed by atoms with E-state index in [0.717, 1.165) is 52.0 Å². The van der Waals surface area contributed by atoms with Crippen LogP contribution < -0.4 is 4.74 Å². The first-order valence-electron chi connectivity index (χ1n) is 8.58. The van der Waals surface area contributed by atoms with E-state index in [9.17, 15) is 23.3 Å². The Morgan fingerprint density at radius 1 is 1.23 bits per heavy atom. The minimum Gasteiger partial charge on any atom is -0.462 e. The Kier molecular flexibility index (Phi) is 5.66. The first-order valence-corrected chi connectivity index (χ1v) is 8.58. The summed E-state index contributed by atoms with van der Waals surface area (Å²) in [6.45, 7) is 1.56. The number of halogens is 3. The molecule has 2 aliphatic rings. The molecule has 11 heteroatoms. The van der Waals surface area contributed by atoms with Crippen LogP contribution in [-0.4, -0.2) is 64.7 Å². The van der Waals surface area contributed by atoms with E-state index in [-0.39, 0.29) is 6.04 Å². The Labute approximate surface area is 148 Å².